The molecule has 43 heavy (non-hydrogen) atoms. The van der Waals surface area contributed by atoms with Gasteiger partial charge in [0.05, 0.1) is 12.2 Å². The van der Waals surface area contributed by atoms with Crippen LogP contribution in [-0.4, -0.2) is 70.3 Å². The van der Waals surface area contributed by atoms with Crippen molar-refractivity contribution in [2.45, 2.75) is 82.8 Å². The monoisotopic (exact) mass is 624 g/mol. The number of hydrogen-bond donors (Lipinski definition) is 4. The molecule has 13 heteroatoms. The average molecular weight is 625 g/mol. The molecule has 2 rings (SSSR count). The Morgan fingerprint density at radius 1 is 0.744 bits per heavy atom. The van der Waals surface area contributed by atoms with Gasteiger partial charge in [-0.3, -0.25) is 9.35 Å². The Morgan fingerprint density at radius 2 is 1.19 bits per heavy atom. The molecule has 0 radical (unpaired) electrons. The van der Waals surface area contributed by atoms with Crippen LogP contribution in [0.3, 0.4) is 0 Å². The highest BCUT2D eigenvalue weighted by atomic mass is 32.3. The first-order valence-electron chi connectivity index (χ1n) is 14.0. The third-order valence-electron chi connectivity index (χ3n) is 6.30. The second-order valence-electron chi connectivity index (χ2n) is 9.66. The van der Waals surface area contributed by atoms with Crippen molar-refractivity contribution in [1.82, 2.24) is 0 Å². The number of ketones is 1. The molecule has 0 saturated heterocycles. The zero-order chi connectivity index (χ0) is 32.3. The van der Waals surface area contributed by atoms with Crippen molar-refractivity contribution >= 4 is 34.1 Å². The number of unbranched alkanes of at least 4 members (excludes halogenated alkanes) is 9. The van der Waals surface area contributed by atoms with E-state index in [4.69, 9.17) is 14.4 Å². The van der Waals surface area contributed by atoms with E-state index in [1.807, 2.05) is 0 Å². The number of aliphatic hydroxyl groups excluding tert-OH is 1. The molecular weight excluding hydrogens is 584 g/mol. The van der Waals surface area contributed by atoms with Crippen LogP contribution in [0.15, 0.2) is 60.7 Å². The van der Waals surface area contributed by atoms with Crippen molar-refractivity contribution < 1.29 is 56.4 Å². The number of Topliss-reactive ketones (excluding diaryl/α,β-unsaturated/α-hetero) is 1. The van der Waals surface area contributed by atoms with Crippen LogP contribution in [0.5, 0.6) is 0 Å². The smallest absolute Gasteiger partial charge is 0.397 e. The maximum absolute atomic E-state index is 12.7. The normalized spacial score (nSPS) is 13.1. The van der Waals surface area contributed by atoms with Crippen LogP contribution in [-0.2, 0) is 28.9 Å². The Balaban J connectivity index is 0.000000474. The van der Waals surface area contributed by atoms with Gasteiger partial charge in [-0.1, -0.05) is 113 Å². The Labute approximate surface area is 251 Å². The van der Waals surface area contributed by atoms with E-state index in [1.165, 1.54) is 93.5 Å². The lowest BCUT2D eigenvalue weighted by Gasteiger charge is -2.30. The summed E-state index contributed by atoms with van der Waals surface area (Å²) in [7, 11) is -4.23. The van der Waals surface area contributed by atoms with Crippen LogP contribution in [0, 0.1) is 0 Å². The van der Waals surface area contributed by atoms with Crippen LogP contribution >= 0.6 is 0 Å². The lowest BCUT2D eigenvalue weighted by molar-refractivity contribution is -0.176. The highest BCUT2D eigenvalue weighted by Gasteiger charge is 2.59. The maximum atomic E-state index is 12.7. The van der Waals surface area contributed by atoms with Crippen molar-refractivity contribution in [3.8, 4) is 0 Å². The number of carboxylic acid groups (broad SMARTS) is 2. The molecule has 2 atom stereocenters. The number of aliphatic hydroxyl groups is 1. The van der Waals surface area contributed by atoms with E-state index >= 15 is 0 Å². The van der Waals surface area contributed by atoms with Crippen molar-refractivity contribution in [3.05, 3.63) is 71.8 Å². The fourth-order valence-corrected chi connectivity index (χ4v) is 4.32. The number of esters is 1. The van der Waals surface area contributed by atoms with Gasteiger partial charge in [-0.05, 0) is 18.6 Å². The first-order valence-corrected chi connectivity index (χ1v) is 15.4. The summed E-state index contributed by atoms with van der Waals surface area (Å²) in [5.74, 6) is -6.77. The molecule has 2 aromatic carbocycles. The van der Waals surface area contributed by atoms with E-state index in [-0.39, 0.29) is 17.7 Å². The van der Waals surface area contributed by atoms with Gasteiger partial charge >= 0.3 is 33.9 Å². The molecule has 0 aromatic heterocycles. The number of carbonyl (C=O) groups is 4. The van der Waals surface area contributed by atoms with Gasteiger partial charge in [-0.15, -0.1) is 0 Å². The van der Waals surface area contributed by atoms with Gasteiger partial charge in [-0.2, -0.15) is 8.42 Å². The zero-order valence-corrected chi connectivity index (χ0v) is 24.9. The van der Waals surface area contributed by atoms with Gasteiger partial charge in [0.2, 0.25) is 11.9 Å². The second kappa shape index (κ2) is 19.5. The quantitative estimate of drug-likeness (QED) is 0.0551. The fourth-order valence-electron chi connectivity index (χ4n) is 4.00. The lowest BCUT2D eigenvalue weighted by atomic mass is 9.87. The summed E-state index contributed by atoms with van der Waals surface area (Å²) < 4.78 is 37.8. The lowest BCUT2D eigenvalue weighted by Crippen LogP contribution is -2.61. The minimum absolute atomic E-state index is 0.0926. The number of carbonyl (C=O) groups excluding carboxylic acids is 2. The van der Waals surface area contributed by atoms with E-state index in [0.717, 1.165) is 12.8 Å². The molecule has 0 aliphatic rings. The molecular formula is C30H40O12S. The summed E-state index contributed by atoms with van der Waals surface area (Å²) >= 11 is 0. The molecule has 2 aromatic rings. The summed E-state index contributed by atoms with van der Waals surface area (Å²) in [6.45, 7) is 2.31. The summed E-state index contributed by atoms with van der Waals surface area (Å²) in [5, 5.41) is 28.6. The van der Waals surface area contributed by atoms with Crippen molar-refractivity contribution in [1.29, 1.82) is 0 Å². The number of ether oxygens (including phenoxy) is 1. The molecule has 0 saturated carbocycles. The molecule has 0 spiro atoms. The highest BCUT2D eigenvalue weighted by Crippen LogP contribution is 2.26. The van der Waals surface area contributed by atoms with Gasteiger partial charge in [-0.25, -0.2) is 18.6 Å². The predicted molar refractivity (Wildman–Crippen MR) is 156 cm³/mol. The number of aliphatic carboxylic acids is 2. The summed E-state index contributed by atoms with van der Waals surface area (Å²) in [5.41, 5.74) is -3.70. The molecule has 2 unspecified atom stereocenters. The van der Waals surface area contributed by atoms with E-state index in [1.54, 1.807) is 12.1 Å². The van der Waals surface area contributed by atoms with Gasteiger partial charge < -0.3 is 20.1 Å². The molecule has 0 amide bonds. The number of carboxylic acids is 2. The predicted octanol–water partition coefficient (Wildman–Crippen LogP) is 4.72. The van der Waals surface area contributed by atoms with E-state index in [0.29, 0.717) is 6.42 Å². The number of rotatable bonds is 19. The van der Waals surface area contributed by atoms with Crippen molar-refractivity contribution in [2.75, 3.05) is 6.61 Å². The summed E-state index contributed by atoms with van der Waals surface area (Å²) in [6.07, 6.45) is 9.03. The Hall–Kier alpha value is -3.65. The third kappa shape index (κ3) is 13.5. The number of benzene rings is 2. The first kappa shape index (κ1) is 37.4. The SMILES string of the molecule is CCCCCCCCCCCCOS(=O)(=O)O.O=C(OC(C(=O)O)(C(=O)c1ccccc1)C(O)C(=O)O)c1ccccc1. The number of hydrogen-bond acceptors (Lipinski definition) is 9. The summed E-state index contributed by atoms with van der Waals surface area (Å²) in [4.78, 5) is 48.1. The topological polar surface area (TPSA) is 202 Å². The van der Waals surface area contributed by atoms with Crippen LogP contribution in [0.25, 0.3) is 0 Å². The van der Waals surface area contributed by atoms with Crippen LogP contribution in [0.2, 0.25) is 0 Å². The van der Waals surface area contributed by atoms with E-state index < -0.39 is 45.8 Å². The van der Waals surface area contributed by atoms with Crippen LogP contribution in [0.1, 0.15) is 91.8 Å². The van der Waals surface area contributed by atoms with Gasteiger partial charge in [0.15, 0.2) is 0 Å². The van der Waals surface area contributed by atoms with Gasteiger partial charge in [0.25, 0.3) is 0 Å². The minimum Gasteiger partial charge on any atom is -0.479 e. The largest absolute Gasteiger partial charge is 0.479 e. The van der Waals surface area contributed by atoms with Gasteiger partial charge in [0.1, 0.15) is 0 Å². The second-order valence-corrected chi connectivity index (χ2v) is 10.8. The first-order chi connectivity index (χ1) is 20.4. The maximum Gasteiger partial charge on any atom is 0.397 e. The standard InChI is InChI=1S/C18H14O8.C12H26O4S/c19-13(11-7-3-1-4-8-11)18(17(24)25,14(20)15(21)22)26-16(23)12-9-5-2-6-10-12;1-2-3-4-5-6-7-8-9-10-11-12-16-17(13,14)15/h1-10,14,20H,(H,21,22)(H,24,25);2-12H2,1H3,(H,13,14,15). The molecule has 0 bridgehead atoms. The third-order valence-corrected chi connectivity index (χ3v) is 6.77. The fraction of sp³-hybridized carbons (Fsp3) is 0.467. The van der Waals surface area contributed by atoms with Crippen LogP contribution < -0.4 is 0 Å². The zero-order valence-electron chi connectivity index (χ0n) is 24.1. The molecule has 0 aliphatic carbocycles. The molecule has 238 valence electrons. The minimum atomic E-state index is -4.23. The summed E-state index contributed by atoms with van der Waals surface area (Å²) in [6, 6.07) is 13.9. The molecule has 0 heterocycles. The molecule has 12 nitrogen and oxygen atoms in total. The Kier molecular flexibility index (Phi) is 17.0. The average Bonchev–Trinajstić information content (AvgIpc) is 2.98. The van der Waals surface area contributed by atoms with Crippen molar-refractivity contribution in [2.24, 2.45) is 0 Å². The molecule has 0 fully saturated rings. The Bertz CT molecular complexity index is 1250. The molecule has 4 N–H and O–H groups in total. The van der Waals surface area contributed by atoms with E-state index in [2.05, 4.69) is 11.1 Å². The van der Waals surface area contributed by atoms with E-state index in [9.17, 15) is 37.8 Å². The van der Waals surface area contributed by atoms with Gasteiger partial charge in [0, 0.05) is 5.56 Å². The Morgan fingerprint density at radius 3 is 1.60 bits per heavy atom. The van der Waals surface area contributed by atoms with Crippen LogP contribution in [0.4, 0.5) is 0 Å². The molecule has 0 aliphatic heterocycles. The highest BCUT2D eigenvalue weighted by molar-refractivity contribution is 7.80. The van der Waals surface area contributed by atoms with Crippen molar-refractivity contribution in [3.63, 3.8) is 0 Å².